The molecular weight excluding hydrogens is 336 g/mol. The van der Waals surface area contributed by atoms with Crippen LogP contribution in [0.3, 0.4) is 0 Å². The Hall–Kier alpha value is -3.21. The van der Waals surface area contributed by atoms with Crippen LogP contribution in [-0.2, 0) is 0 Å². The maximum Gasteiger partial charge on any atom is 0.191 e. The summed E-state index contributed by atoms with van der Waals surface area (Å²) in [6.45, 7) is 1.04. The molecule has 0 amide bonds. The highest BCUT2D eigenvalue weighted by atomic mass is 19.2. The molecule has 2 atom stereocenters. The van der Waals surface area contributed by atoms with E-state index in [-0.39, 0.29) is 11.3 Å². The van der Waals surface area contributed by atoms with Crippen molar-refractivity contribution in [3.05, 3.63) is 58.3 Å². The smallest absolute Gasteiger partial charge is 0.191 e. The van der Waals surface area contributed by atoms with Crippen LogP contribution in [0.1, 0.15) is 11.5 Å². The Labute approximate surface area is 149 Å². The lowest BCUT2D eigenvalue weighted by molar-refractivity contribution is 0.237. The summed E-state index contributed by atoms with van der Waals surface area (Å²) in [6.07, 6.45) is 1.84. The molecule has 0 radical (unpaired) electrons. The van der Waals surface area contributed by atoms with Gasteiger partial charge in [-0.15, -0.1) is 0 Å². The summed E-state index contributed by atoms with van der Waals surface area (Å²) in [6, 6.07) is 9.26. The first kappa shape index (κ1) is 17.6. The van der Waals surface area contributed by atoms with Gasteiger partial charge in [0.05, 0.1) is 23.4 Å². The number of allylic oxidation sites excluding steroid dienone is 2. The lowest BCUT2D eigenvalue weighted by Gasteiger charge is -2.45. The van der Waals surface area contributed by atoms with Gasteiger partial charge in [0.1, 0.15) is 6.07 Å². The maximum atomic E-state index is 13.9. The van der Waals surface area contributed by atoms with Crippen molar-refractivity contribution in [1.29, 1.82) is 15.8 Å². The molecule has 0 fully saturated rings. The Morgan fingerprint density at radius 2 is 1.88 bits per heavy atom. The lowest BCUT2D eigenvalue weighted by atomic mass is 9.58. The van der Waals surface area contributed by atoms with Crippen molar-refractivity contribution >= 4 is 0 Å². The first-order chi connectivity index (χ1) is 12.4. The normalized spacial score (nSPS) is 24.7. The molecule has 0 saturated carbocycles. The van der Waals surface area contributed by atoms with Gasteiger partial charge >= 0.3 is 0 Å². The SMILES string of the molecule is CN1CC=C2C(C#N)=C(N)C(C#N)(C#N)[C@@H](c3ccc(F)c(F)c3)[C@H]2C1. The number of fused-ring (bicyclic) bond motifs is 1. The number of rotatable bonds is 1. The molecule has 0 bridgehead atoms. The van der Waals surface area contributed by atoms with Crippen LogP contribution >= 0.6 is 0 Å². The van der Waals surface area contributed by atoms with Crippen LogP contribution in [0.2, 0.25) is 0 Å². The van der Waals surface area contributed by atoms with E-state index < -0.39 is 28.9 Å². The minimum atomic E-state index is -1.84. The van der Waals surface area contributed by atoms with Crippen LogP contribution in [0.5, 0.6) is 0 Å². The number of hydrogen-bond acceptors (Lipinski definition) is 5. The number of nitrogens with zero attached hydrogens (tertiary/aromatic N) is 4. The van der Waals surface area contributed by atoms with Crippen LogP contribution in [0.25, 0.3) is 0 Å². The summed E-state index contributed by atoms with van der Waals surface area (Å²) < 4.78 is 27.3. The topological polar surface area (TPSA) is 101 Å². The summed E-state index contributed by atoms with van der Waals surface area (Å²) in [7, 11) is 1.86. The van der Waals surface area contributed by atoms with Gasteiger partial charge in [0, 0.05) is 24.9 Å². The number of halogens is 2. The van der Waals surface area contributed by atoms with E-state index in [1.807, 2.05) is 36.2 Å². The summed E-state index contributed by atoms with van der Waals surface area (Å²) in [5.74, 6) is -3.31. The third kappa shape index (κ3) is 2.36. The van der Waals surface area contributed by atoms with Crippen molar-refractivity contribution in [2.24, 2.45) is 17.1 Å². The molecule has 1 heterocycles. The zero-order chi connectivity index (χ0) is 19.1. The molecule has 1 aliphatic heterocycles. The minimum Gasteiger partial charge on any atom is -0.399 e. The summed E-state index contributed by atoms with van der Waals surface area (Å²) in [5, 5.41) is 29.2. The second-order valence-electron chi connectivity index (χ2n) is 6.57. The summed E-state index contributed by atoms with van der Waals surface area (Å²) in [5.41, 5.74) is 5.23. The van der Waals surface area contributed by atoms with E-state index >= 15 is 0 Å². The number of likely N-dealkylation sites (N-methyl/N-ethyl adjacent to an activating group) is 1. The van der Waals surface area contributed by atoms with E-state index in [2.05, 4.69) is 0 Å². The Bertz CT molecular complexity index is 944. The zero-order valence-electron chi connectivity index (χ0n) is 14.0. The van der Waals surface area contributed by atoms with Gasteiger partial charge in [-0.3, -0.25) is 0 Å². The van der Waals surface area contributed by atoms with Gasteiger partial charge in [0.2, 0.25) is 0 Å². The molecule has 0 saturated heterocycles. The van der Waals surface area contributed by atoms with E-state index in [9.17, 15) is 24.6 Å². The third-order valence-corrected chi connectivity index (χ3v) is 5.15. The van der Waals surface area contributed by atoms with Crippen LogP contribution in [-0.4, -0.2) is 25.0 Å². The number of nitriles is 3. The molecule has 3 rings (SSSR count). The number of benzene rings is 1. The zero-order valence-corrected chi connectivity index (χ0v) is 14.0. The molecule has 26 heavy (non-hydrogen) atoms. The fourth-order valence-corrected chi connectivity index (χ4v) is 3.91. The second kappa shape index (κ2) is 6.26. The Balaban J connectivity index is 2.34. The van der Waals surface area contributed by atoms with Crippen LogP contribution < -0.4 is 5.73 Å². The molecule has 130 valence electrons. The highest BCUT2D eigenvalue weighted by Gasteiger charge is 2.54. The van der Waals surface area contributed by atoms with Gasteiger partial charge in [-0.25, -0.2) is 8.78 Å². The average molecular weight is 351 g/mol. The van der Waals surface area contributed by atoms with Crippen LogP contribution in [0.4, 0.5) is 8.78 Å². The highest BCUT2D eigenvalue weighted by Crippen LogP contribution is 2.54. The molecular formula is C19H15F2N5. The van der Waals surface area contributed by atoms with Gasteiger partial charge < -0.3 is 10.6 Å². The van der Waals surface area contributed by atoms with Crippen molar-refractivity contribution in [1.82, 2.24) is 4.90 Å². The Morgan fingerprint density at radius 3 is 2.46 bits per heavy atom. The number of hydrogen-bond donors (Lipinski definition) is 1. The standard InChI is InChI=1S/C19H15F2N5/c1-26-5-4-12-13(7-22)18(25)19(9-23,10-24)17(14(12)8-26)11-2-3-15(20)16(21)6-11/h2-4,6,14,17H,5,8,25H2,1H3/t14-,17-/m0/s1. The van der Waals surface area contributed by atoms with E-state index in [0.717, 1.165) is 12.1 Å². The first-order valence-electron chi connectivity index (χ1n) is 7.96. The third-order valence-electron chi connectivity index (χ3n) is 5.15. The fraction of sp³-hybridized carbons (Fsp3) is 0.316. The molecule has 0 aromatic heterocycles. The molecule has 0 spiro atoms. The predicted octanol–water partition coefficient (Wildman–Crippen LogP) is 2.32. The van der Waals surface area contributed by atoms with E-state index in [1.54, 1.807) is 0 Å². The lowest BCUT2D eigenvalue weighted by Crippen LogP contribution is -2.47. The fourth-order valence-electron chi connectivity index (χ4n) is 3.91. The minimum absolute atomic E-state index is 0.130. The average Bonchev–Trinajstić information content (AvgIpc) is 2.63. The van der Waals surface area contributed by atoms with Crippen molar-refractivity contribution < 1.29 is 8.78 Å². The molecule has 2 N–H and O–H groups in total. The molecule has 1 aromatic rings. The largest absolute Gasteiger partial charge is 0.399 e. The van der Waals surface area contributed by atoms with Crippen LogP contribution in [0.15, 0.2) is 41.1 Å². The second-order valence-corrected chi connectivity index (χ2v) is 6.57. The molecule has 1 aromatic carbocycles. The number of nitrogens with two attached hydrogens (primary N) is 1. The molecule has 1 aliphatic carbocycles. The maximum absolute atomic E-state index is 13.9. The van der Waals surface area contributed by atoms with Gasteiger partial charge in [0.15, 0.2) is 17.0 Å². The molecule has 7 heteroatoms. The molecule has 2 aliphatic rings. The Kier molecular flexibility index (Phi) is 4.24. The van der Waals surface area contributed by atoms with Crippen LogP contribution in [0, 0.1) is 57.0 Å². The van der Waals surface area contributed by atoms with Crippen molar-refractivity contribution in [2.75, 3.05) is 20.1 Å². The van der Waals surface area contributed by atoms with Crippen molar-refractivity contribution in [3.8, 4) is 18.2 Å². The van der Waals surface area contributed by atoms with Gasteiger partial charge in [-0.2, -0.15) is 15.8 Å². The summed E-state index contributed by atoms with van der Waals surface area (Å²) >= 11 is 0. The highest BCUT2D eigenvalue weighted by molar-refractivity contribution is 5.59. The molecule has 0 unspecified atom stereocenters. The Morgan fingerprint density at radius 1 is 1.19 bits per heavy atom. The quantitative estimate of drug-likeness (QED) is 0.837. The van der Waals surface area contributed by atoms with Crippen molar-refractivity contribution in [3.63, 3.8) is 0 Å². The predicted molar refractivity (Wildman–Crippen MR) is 88.7 cm³/mol. The molecule has 5 nitrogen and oxygen atoms in total. The van der Waals surface area contributed by atoms with Gasteiger partial charge in [-0.05, 0) is 30.3 Å². The summed E-state index contributed by atoms with van der Waals surface area (Å²) in [4.78, 5) is 1.97. The van der Waals surface area contributed by atoms with Crippen molar-refractivity contribution in [2.45, 2.75) is 5.92 Å². The van der Waals surface area contributed by atoms with Gasteiger partial charge in [0.25, 0.3) is 0 Å². The van der Waals surface area contributed by atoms with E-state index in [0.29, 0.717) is 24.2 Å². The van der Waals surface area contributed by atoms with E-state index in [1.165, 1.54) is 6.07 Å². The monoisotopic (exact) mass is 351 g/mol. The van der Waals surface area contributed by atoms with Gasteiger partial charge in [-0.1, -0.05) is 12.1 Å². The van der Waals surface area contributed by atoms with E-state index in [4.69, 9.17) is 5.73 Å². The first-order valence-corrected chi connectivity index (χ1v) is 7.96.